The highest BCUT2D eigenvalue weighted by Crippen LogP contribution is 2.46. The molecule has 0 spiro atoms. The number of carbonyl (C=O) groups excluding carboxylic acids is 1. The summed E-state index contributed by atoms with van der Waals surface area (Å²) in [6, 6.07) is 16.3. The molecule has 0 fully saturated rings. The van der Waals surface area contributed by atoms with Crippen molar-refractivity contribution < 1.29 is 32.2 Å². The molecule has 1 aliphatic heterocycles. The third-order valence-corrected chi connectivity index (χ3v) is 6.28. The van der Waals surface area contributed by atoms with Gasteiger partial charge in [0.15, 0.2) is 6.61 Å². The molecule has 0 saturated heterocycles. The Morgan fingerprint density at radius 1 is 1.00 bits per heavy atom. The summed E-state index contributed by atoms with van der Waals surface area (Å²) in [7, 11) is 0. The number of hydrogen-bond acceptors (Lipinski definition) is 5. The maximum absolute atomic E-state index is 12.9. The summed E-state index contributed by atoms with van der Waals surface area (Å²) in [5.74, 6) is -0.597. The SMILES string of the molecule is CCOC(=O)COc1ccc(C2CC(c3ccc(Cl)cc3Cl)Nc3ccc(OC(F)(F)F)cc32)cc1. The third-order valence-electron chi connectivity index (χ3n) is 5.72. The van der Waals surface area contributed by atoms with Crippen LogP contribution in [0, 0.1) is 0 Å². The van der Waals surface area contributed by atoms with Crippen LogP contribution >= 0.6 is 23.2 Å². The van der Waals surface area contributed by atoms with E-state index in [-0.39, 0.29) is 30.9 Å². The Morgan fingerprint density at radius 2 is 1.72 bits per heavy atom. The molecular weight excluding hydrogens is 518 g/mol. The van der Waals surface area contributed by atoms with Gasteiger partial charge >= 0.3 is 12.3 Å². The Bertz CT molecular complexity index is 1230. The molecule has 36 heavy (non-hydrogen) atoms. The van der Waals surface area contributed by atoms with Crippen LogP contribution in [-0.2, 0) is 9.53 Å². The van der Waals surface area contributed by atoms with E-state index in [0.29, 0.717) is 33.5 Å². The van der Waals surface area contributed by atoms with E-state index in [1.807, 2.05) is 18.2 Å². The topological polar surface area (TPSA) is 56.8 Å². The van der Waals surface area contributed by atoms with Crippen molar-refractivity contribution >= 4 is 34.9 Å². The minimum absolute atomic E-state index is 0.221. The van der Waals surface area contributed by atoms with Crippen molar-refractivity contribution in [3.8, 4) is 11.5 Å². The number of esters is 1. The second-order valence-electron chi connectivity index (χ2n) is 8.11. The molecule has 5 nitrogen and oxygen atoms in total. The van der Waals surface area contributed by atoms with E-state index in [4.69, 9.17) is 32.7 Å². The average Bonchev–Trinajstić information content (AvgIpc) is 2.82. The fourth-order valence-electron chi connectivity index (χ4n) is 4.21. The van der Waals surface area contributed by atoms with Gasteiger partial charge in [0.05, 0.1) is 12.6 Å². The van der Waals surface area contributed by atoms with Gasteiger partial charge in [-0.05, 0) is 72.5 Å². The van der Waals surface area contributed by atoms with Gasteiger partial charge in [0.25, 0.3) is 0 Å². The Hall–Kier alpha value is -3.10. The van der Waals surface area contributed by atoms with Crippen LogP contribution in [0.5, 0.6) is 11.5 Å². The zero-order valence-corrected chi connectivity index (χ0v) is 20.6. The Balaban J connectivity index is 1.66. The quantitative estimate of drug-likeness (QED) is 0.314. The number of halogens is 5. The van der Waals surface area contributed by atoms with Crippen molar-refractivity contribution in [1.82, 2.24) is 0 Å². The lowest BCUT2D eigenvalue weighted by Crippen LogP contribution is -2.23. The number of anilines is 1. The van der Waals surface area contributed by atoms with Crippen molar-refractivity contribution in [3.05, 3.63) is 87.4 Å². The molecule has 190 valence electrons. The number of ether oxygens (including phenoxy) is 3. The standard InChI is InChI=1S/C26H22Cl2F3NO4/c1-2-34-25(33)14-35-17-6-3-15(4-7-17)20-13-24(19-9-5-16(27)11-22(19)28)32-23-10-8-18(12-21(20)23)36-26(29,30)31/h3-12,20,24,32H,2,13-14H2,1H3. The monoisotopic (exact) mass is 539 g/mol. The largest absolute Gasteiger partial charge is 0.573 e. The van der Waals surface area contributed by atoms with Crippen molar-refractivity contribution in [2.24, 2.45) is 0 Å². The van der Waals surface area contributed by atoms with Crippen molar-refractivity contribution in [2.75, 3.05) is 18.5 Å². The fraction of sp³-hybridized carbons (Fsp3) is 0.269. The fourth-order valence-corrected chi connectivity index (χ4v) is 4.75. The van der Waals surface area contributed by atoms with E-state index in [2.05, 4.69) is 10.1 Å². The van der Waals surface area contributed by atoms with Crippen molar-refractivity contribution in [2.45, 2.75) is 31.7 Å². The number of benzene rings is 3. The van der Waals surface area contributed by atoms with Crippen molar-refractivity contribution in [1.29, 1.82) is 0 Å². The first-order valence-corrected chi connectivity index (χ1v) is 11.9. The van der Waals surface area contributed by atoms with E-state index in [0.717, 1.165) is 11.1 Å². The first-order valence-electron chi connectivity index (χ1n) is 11.1. The maximum Gasteiger partial charge on any atom is 0.573 e. The van der Waals surface area contributed by atoms with Crippen molar-refractivity contribution in [3.63, 3.8) is 0 Å². The minimum Gasteiger partial charge on any atom is -0.482 e. The highest BCUT2D eigenvalue weighted by Gasteiger charge is 2.34. The summed E-state index contributed by atoms with van der Waals surface area (Å²) in [6.45, 7) is 1.74. The molecule has 0 bridgehead atoms. The molecule has 2 unspecified atom stereocenters. The van der Waals surface area contributed by atoms with E-state index < -0.39 is 12.3 Å². The van der Waals surface area contributed by atoms with Crippen LogP contribution in [-0.4, -0.2) is 25.5 Å². The zero-order chi connectivity index (χ0) is 25.9. The Morgan fingerprint density at radius 3 is 2.39 bits per heavy atom. The molecule has 1 N–H and O–H groups in total. The minimum atomic E-state index is -4.80. The van der Waals surface area contributed by atoms with Gasteiger partial charge in [0.2, 0.25) is 0 Å². The Labute approximate surface area is 216 Å². The first-order chi connectivity index (χ1) is 17.1. The van der Waals surface area contributed by atoms with Gasteiger partial charge in [-0.3, -0.25) is 0 Å². The van der Waals surface area contributed by atoms with Gasteiger partial charge in [-0.2, -0.15) is 0 Å². The summed E-state index contributed by atoms with van der Waals surface area (Å²) in [5.41, 5.74) is 2.99. The first kappa shape index (κ1) is 26.0. The van der Waals surface area contributed by atoms with Crippen LogP contribution in [0.1, 0.15) is 42.0 Å². The predicted octanol–water partition coefficient (Wildman–Crippen LogP) is 7.52. The number of fused-ring (bicyclic) bond motifs is 1. The lowest BCUT2D eigenvalue weighted by atomic mass is 9.80. The average molecular weight is 540 g/mol. The third kappa shape index (κ3) is 6.36. The molecule has 4 rings (SSSR count). The number of hydrogen-bond donors (Lipinski definition) is 1. The summed E-state index contributed by atoms with van der Waals surface area (Å²) in [4.78, 5) is 11.6. The Kier molecular flexibility index (Phi) is 7.85. The van der Waals surface area contributed by atoms with Crippen LogP contribution in [0.25, 0.3) is 0 Å². The van der Waals surface area contributed by atoms with E-state index >= 15 is 0 Å². The summed E-state index contributed by atoms with van der Waals surface area (Å²) >= 11 is 12.5. The number of nitrogens with one attached hydrogen (secondary N) is 1. The normalized spacial score (nSPS) is 17.1. The number of alkyl halides is 3. The second-order valence-corrected chi connectivity index (χ2v) is 8.95. The summed E-state index contributed by atoms with van der Waals surface area (Å²) < 4.78 is 53.1. The molecule has 0 amide bonds. The van der Waals surface area contributed by atoms with Gasteiger partial charge in [-0.15, -0.1) is 13.2 Å². The number of carbonyl (C=O) groups is 1. The van der Waals surface area contributed by atoms with E-state index in [9.17, 15) is 18.0 Å². The van der Waals surface area contributed by atoms with E-state index in [1.165, 1.54) is 12.1 Å². The molecule has 0 radical (unpaired) electrons. The maximum atomic E-state index is 12.9. The van der Waals surface area contributed by atoms with Gasteiger partial charge in [0.1, 0.15) is 11.5 Å². The van der Waals surface area contributed by atoms with E-state index in [1.54, 1.807) is 37.3 Å². The lowest BCUT2D eigenvalue weighted by Gasteiger charge is -2.34. The smallest absolute Gasteiger partial charge is 0.482 e. The zero-order valence-electron chi connectivity index (χ0n) is 19.1. The van der Waals surface area contributed by atoms with Crippen LogP contribution in [0.4, 0.5) is 18.9 Å². The van der Waals surface area contributed by atoms with Gasteiger partial charge < -0.3 is 19.5 Å². The molecule has 3 aromatic carbocycles. The molecule has 0 aliphatic carbocycles. The van der Waals surface area contributed by atoms with Crippen LogP contribution in [0.2, 0.25) is 10.0 Å². The predicted molar refractivity (Wildman–Crippen MR) is 131 cm³/mol. The molecule has 0 saturated carbocycles. The number of rotatable bonds is 7. The molecule has 0 aromatic heterocycles. The summed E-state index contributed by atoms with van der Waals surface area (Å²) in [6.07, 6.45) is -4.30. The molecule has 10 heteroatoms. The van der Waals surface area contributed by atoms with Crippen LogP contribution < -0.4 is 14.8 Å². The molecule has 1 aliphatic rings. The second kappa shape index (κ2) is 10.9. The molecular formula is C26H22Cl2F3NO4. The highest BCUT2D eigenvalue weighted by atomic mass is 35.5. The lowest BCUT2D eigenvalue weighted by molar-refractivity contribution is -0.274. The molecule has 2 atom stereocenters. The molecule has 3 aromatic rings. The van der Waals surface area contributed by atoms with Crippen LogP contribution in [0.3, 0.4) is 0 Å². The van der Waals surface area contributed by atoms with Gasteiger partial charge in [0, 0.05) is 21.7 Å². The van der Waals surface area contributed by atoms with Gasteiger partial charge in [-0.25, -0.2) is 4.79 Å². The summed E-state index contributed by atoms with van der Waals surface area (Å²) in [5, 5.41) is 4.37. The van der Waals surface area contributed by atoms with Gasteiger partial charge in [-0.1, -0.05) is 41.4 Å². The highest BCUT2D eigenvalue weighted by molar-refractivity contribution is 6.35. The van der Waals surface area contributed by atoms with Crippen LogP contribution in [0.15, 0.2) is 60.7 Å². The molecule has 1 heterocycles.